The van der Waals surface area contributed by atoms with Crippen molar-refractivity contribution in [2.45, 2.75) is 6.92 Å². The smallest absolute Gasteiger partial charge is 0.238 e. The molecule has 5 heteroatoms. The van der Waals surface area contributed by atoms with Crippen molar-refractivity contribution in [1.82, 2.24) is 5.32 Å². The van der Waals surface area contributed by atoms with E-state index in [1.165, 1.54) is 12.1 Å². The van der Waals surface area contributed by atoms with Gasteiger partial charge in [0.05, 0.1) is 6.54 Å². The predicted octanol–water partition coefficient (Wildman–Crippen LogP) is 1.08. The van der Waals surface area contributed by atoms with Crippen LogP contribution in [0.25, 0.3) is 0 Å². The third-order valence-corrected chi connectivity index (χ3v) is 1.77. The minimum absolute atomic E-state index is 0.180. The third kappa shape index (κ3) is 3.55. The van der Waals surface area contributed by atoms with Crippen molar-refractivity contribution in [2.75, 3.05) is 18.4 Å². The first-order chi connectivity index (χ1) is 7.13. The molecule has 0 fully saturated rings. The van der Waals surface area contributed by atoms with Crippen molar-refractivity contribution in [3.63, 3.8) is 0 Å². The molecule has 0 aromatic heterocycles. The summed E-state index contributed by atoms with van der Waals surface area (Å²) in [6, 6.07) is 3.69. The average molecular weight is 212 g/mol. The molecular formula is C10H13FN2O2. The molecule has 0 radical (unpaired) electrons. The molecule has 1 rings (SSSR count). The van der Waals surface area contributed by atoms with Crippen molar-refractivity contribution in [2.24, 2.45) is 0 Å². The fraction of sp³-hybridized carbons (Fsp3) is 0.300. The second-order valence-corrected chi connectivity index (χ2v) is 2.99. The lowest BCUT2D eigenvalue weighted by Gasteiger charge is -2.05. The Morgan fingerprint density at radius 2 is 2.27 bits per heavy atom. The van der Waals surface area contributed by atoms with E-state index in [1.807, 2.05) is 6.92 Å². The molecular weight excluding hydrogens is 199 g/mol. The Balaban J connectivity index is 2.57. The van der Waals surface area contributed by atoms with E-state index < -0.39 is 11.6 Å². The minimum atomic E-state index is -0.753. The van der Waals surface area contributed by atoms with Crippen LogP contribution < -0.4 is 10.6 Å². The van der Waals surface area contributed by atoms with Crippen LogP contribution in [-0.4, -0.2) is 24.1 Å². The van der Waals surface area contributed by atoms with Crippen LogP contribution in [0.4, 0.5) is 10.1 Å². The van der Waals surface area contributed by atoms with Gasteiger partial charge in [0, 0.05) is 11.8 Å². The van der Waals surface area contributed by atoms with Crippen LogP contribution in [0, 0.1) is 5.82 Å². The highest BCUT2D eigenvalue weighted by Crippen LogP contribution is 2.18. The van der Waals surface area contributed by atoms with Crippen molar-refractivity contribution in [1.29, 1.82) is 0 Å². The van der Waals surface area contributed by atoms with Crippen LogP contribution in [0.1, 0.15) is 6.92 Å². The maximum absolute atomic E-state index is 12.9. The first kappa shape index (κ1) is 11.5. The first-order valence-corrected chi connectivity index (χ1v) is 4.62. The number of phenolic OH excluding ortho intramolecular Hbond substituents is 1. The Labute approximate surface area is 87.1 Å². The lowest BCUT2D eigenvalue weighted by Crippen LogP contribution is -2.27. The zero-order chi connectivity index (χ0) is 11.3. The molecule has 0 heterocycles. The second-order valence-electron chi connectivity index (χ2n) is 2.99. The third-order valence-electron chi connectivity index (χ3n) is 1.77. The van der Waals surface area contributed by atoms with Crippen molar-refractivity contribution >= 4 is 11.6 Å². The summed E-state index contributed by atoms with van der Waals surface area (Å²) in [6.07, 6.45) is 0. The molecule has 0 aliphatic heterocycles. The van der Waals surface area contributed by atoms with Crippen molar-refractivity contribution in [3.8, 4) is 5.75 Å². The quantitative estimate of drug-likeness (QED) is 0.654. The number of anilines is 1. The van der Waals surface area contributed by atoms with E-state index in [9.17, 15) is 9.18 Å². The Morgan fingerprint density at radius 1 is 1.53 bits per heavy atom. The van der Waals surface area contributed by atoms with Crippen LogP contribution in [-0.2, 0) is 4.79 Å². The lowest BCUT2D eigenvalue weighted by atomic mass is 10.3. The Hall–Kier alpha value is -1.62. The van der Waals surface area contributed by atoms with E-state index in [0.717, 1.165) is 6.07 Å². The van der Waals surface area contributed by atoms with Gasteiger partial charge in [-0.15, -0.1) is 0 Å². The SMILES string of the molecule is CCNCC(=O)Nc1ccc(O)c(F)c1. The largest absolute Gasteiger partial charge is 0.505 e. The molecule has 0 saturated carbocycles. The van der Waals surface area contributed by atoms with Crippen molar-refractivity contribution in [3.05, 3.63) is 24.0 Å². The maximum atomic E-state index is 12.9. The molecule has 0 saturated heterocycles. The number of amides is 1. The van der Waals surface area contributed by atoms with Gasteiger partial charge in [-0.1, -0.05) is 6.92 Å². The number of rotatable bonds is 4. The summed E-state index contributed by atoms with van der Waals surface area (Å²) in [5.74, 6) is -1.43. The minimum Gasteiger partial charge on any atom is -0.505 e. The highest BCUT2D eigenvalue weighted by atomic mass is 19.1. The second kappa shape index (κ2) is 5.31. The molecule has 0 aliphatic carbocycles. The molecule has 4 nitrogen and oxygen atoms in total. The molecule has 1 amide bonds. The zero-order valence-electron chi connectivity index (χ0n) is 8.38. The summed E-state index contributed by atoms with van der Waals surface area (Å²) in [5.41, 5.74) is 0.327. The topological polar surface area (TPSA) is 61.4 Å². The lowest BCUT2D eigenvalue weighted by molar-refractivity contribution is -0.115. The van der Waals surface area contributed by atoms with Crippen LogP contribution in [0.2, 0.25) is 0 Å². The number of hydrogen-bond acceptors (Lipinski definition) is 3. The van der Waals surface area contributed by atoms with Gasteiger partial charge < -0.3 is 15.7 Å². The fourth-order valence-corrected chi connectivity index (χ4v) is 1.03. The Morgan fingerprint density at radius 3 is 2.87 bits per heavy atom. The summed E-state index contributed by atoms with van der Waals surface area (Å²) in [6.45, 7) is 2.75. The van der Waals surface area contributed by atoms with Gasteiger partial charge in [0.15, 0.2) is 11.6 Å². The normalized spacial score (nSPS) is 10.0. The summed E-state index contributed by atoms with van der Waals surface area (Å²) < 4.78 is 12.9. The van der Waals surface area contributed by atoms with Gasteiger partial charge in [0.25, 0.3) is 0 Å². The number of phenols is 1. The molecule has 0 unspecified atom stereocenters. The zero-order valence-corrected chi connectivity index (χ0v) is 8.38. The van der Waals surface area contributed by atoms with Gasteiger partial charge in [-0.3, -0.25) is 4.79 Å². The molecule has 0 spiro atoms. The average Bonchev–Trinajstić information content (AvgIpc) is 2.20. The van der Waals surface area contributed by atoms with E-state index in [1.54, 1.807) is 0 Å². The molecule has 0 bridgehead atoms. The summed E-state index contributed by atoms with van der Waals surface area (Å²) in [7, 11) is 0. The van der Waals surface area contributed by atoms with Gasteiger partial charge in [0.1, 0.15) is 0 Å². The molecule has 82 valence electrons. The monoisotopic (exact) mass is 212 g/mol. The molecule has 0 atom stereocenters. The number of nitrogens with one attached hydrogen (secondary N) is 2. The van der Waals surface area contributed by atoms with Gasteiger partial charge in [-0.25, -0.2) is 4.39 Å². The number of hydrogen-bond donors (Lipinski definition) is 3. The predicted molar refractivity (Wildman–Crippen MR) is 55.2 cm³/mol. The van der Waals surface area contributed by atoms with Gasteiger partial charge in [-0.05, 0) is 18.7 Å². The van der Waals surface area contributed by atoms with E-state index in [2.05, 4.69) is 10.6 Å². The van der Waals surface area contributed by atoms with E-state index in [4.69, 9.17) is 5.11 Å². The molecule has 1 aromatic carbocycles. The number of carbonyl (C=O) groups is 1. The van der Waals surface area contributed by atoms with E-state index in [0.29, 0.717) is 12.2 Å². The molecule has 3 N–H and O–H groups in total. The number of likely N-dealkylation sites (N-methyl/N-ethyl adjacent to an activating group) is 1. The Bertz CT molecular complexity index is 355. The van der Waals surface area contributed by atoms with E-state index in [-0.39, 0.29) is 12.5 Å². The maximum Gasteiger partial charge on any atom is 0.238 e. The highest BCUT2D eigenvalue weighted by Gasteiger charge is 2.04. The number of carbonyl (C=O) groups excluding carboxylic acids is 1. The van der Waals surface area contributed by atoms with Crippen LogP contribution in [0.15, 0.2) is 18.2 Å². The summed E-state index contributed by atoms with van der Waals surface area (Å²) >= 11 is 0. The van der Waals surface area contributed by atoms with E-state index >= 15 is 0 Å². The summed E-state index contributed by atoms with van der Waals surface area (Å²) in [5, 5.41) is 14.3. The fourth-order valence-electron chi connectivity index (χ4n) is 1.03. The Kier molecular flexibility index (Phi) is 4.05. The number of halogens is 1. The van der Waals surface area contributed by atoms with Gasteiger partial charge in [-0.2, -0.15) is 0 Å². The summed E-state index contributed by atoms with van der Waals surface area (Å²) in [4.78, 5) is 11.2. The van der Waals surface area contributed by atoms with Gasteiger partial charge >= 0.3 is 0 Å². The number of benzene rings is 1. The number of aromatic hydroxyl groups is 1. The van der Waals surface area contributed by atoms with Crippen LogP contribution >= 0.6 is 0 Å². The standard InChI is InChI=1S/C10H13FN2O2/c1-2-12-6-10(15)13-7-3-4-9(14)8(11)5-7/h3-5,12,14H,2,6H2,1H3,(H,13,15). The van der Waals surface area contributed by atoms with Crippen LogP contribution in [0.5, 0.6) is 5.75 Å². The first-order valence-electron chi connectivity index (χ1n) is 4.62. The molecule has 15 heavy (non-hydrogen) atoms. The van der Waals surface area contributed by atoms with Crippen molar-refractivity contribution < 1.29 is 14.3 Å². The molecule has 1 aromatic rings. The van der Waals surface area contributed by atoms with Crippen LogP contribution in [0.3, 0.4) is 0 Å². The molecule has 0 aliphatic rings. The highest BCUT2D eigenvalue weighted by molar-refractivity contribution is 5.92. The van der Waals surface area contributed by atoms with Gasteiger partial charge in [0.2, 0.25) is 5.91 Å².